The summed E-state index contributed by atoms with van der Waals surface area (Å²) in [6, 6.07) is 31.1. The maximum atomic E-state index is 11.8. The zero-order valence-electron chi connectivity index (χ0n) is 21.5. The first-order chi connectivity index (χ1) is 19.5. The highest BCUT2D eigenvalue weighted by Crippen LogP contribution is 2.43. The SMILES string of the molecule is Cc1ccccc1Oc1ccc(N2C(=S)N[C@H](c3ccccn3)[C@@H]2c2ccc(-c3ccccc3C(=O)O)o2)cc1. The van der Waals surface area contributed by atoms with Gasteiger partial charge in [-0.25, -0.2) is 4.79 Å². The Hall–Kier alpha value is -4.95. The van der Waals surface area contributed by atoms with E-state index in [-0.39, 0.29) is 17.6 Å². The molecule has 0 unspecified atom stereocenters. The maximum absolute atomic E-state index is 11.8. The molecule has 8 heteroatoms. The summed E-state index contributed by atoms with van der Waals surface area (Å²) in [5.74, 6) is 1.58. The van der Waals surface area contributed by atoms with Crippen molar-refractivity contribution in [3.63, 3.8) is 0 Å². The highest BCUT2D eigenvalue weighted by Gasteiger charge is 2.42. The molecule has 3 heterocycles. The van der Waals surface area contributed by atoms with Crippen LogP contribution in [0.25, 0.3) is 11.3 Å². The summed E-state index contributed by atoms with van der Waals surface area (Å²) >= 11 is 5.82. The van der Waals surface area contributed by atoms with Crippen LogP contribution in [-0.2, 0) is 0 Å². The molecular formula is C32H25N3O4S. The molecule has 0 radical (unpaired) electrons. The van der Waals surface area contributed by atoms with E-state index in [0.717, 1.165) is 22.7 Å². The van der Waals surface area contributed by atoms with Crippen LogP contribution in [0, 0.1) is 6.92 Å². The van der Waals surface area contributed by atoms with Crippen LogP contribution in [0.1, 0.15) is 39.5 Å². The van der Waals surface area contributed by atoms with Crippen LogP contribution in [0.15, 0.2) is 114 Å². The van der Waals surface area contributed by atoms with E-state index in [1.54, 1.807) is 36.5 Å². The average Bonchev–Trinajstić information content (AvgIpc) is 3.60. The fraction of sp³-hybridized carbons (Fsp3) is 0.0938. The molecule has 40 heavy (non-hydrogen) atoms. The van der Waals surface area contributed by atoms with Crippen LogP contribution in [-0.4, -0.2) is 21.2 Å². The molecule has 1 aliphatic heterocycles. The number of carboxylic acids is 1. The Morgan fingerprint density at radius 3 is 2.45 bits per heavy atom. The van der Waals surface area contributed by atoms with Gasteiger partial charge in [0.15, 0.2) is 5.11 Å². The highest BCUT2D eigenvalue weighted by molar-refractivity contribution is 7.80. The number of nitrogens with zero attached hydrogens (tertiary/aromatic N) is 2. The lowest BCUT2D eigenvalue weighted by Crippen LogP contribution is -2.29. The van der Waals surface area contributed by atoms with Crippen molar-refractivity contribution in [1.82, 2.24) is 10.3 Å². The topological polar surface area (TPSA) is 87.8 Å². The van der Waals surface area contributed by atoms with Gasteiger partial charge in [0.2, 0.25) is 0 Å². The first kappa shape index (κ1) is 25.3. The van der Waals surface area contributed by atoms with Gasteiger partial charge in [0.05, 0.1) is 17.3 Å². The van der Waals surface area contributed by atoms with E-state index in [0.29, 0.717) is 27.9 Å². The normalized spacial score (nSPS) is 16.5. The summed E-state index contributed by atoms with van der Waals surface area (Å²) in [4.78, 5) is 18.4. The van der Waals surface area contributed by atoms with Gasteiger partial charge in [-0.1, -0.05) is 42.5 Å². The Kier molecular flexibility index (Phi) is 6.76. The quantitative estimate of drug-likeness (QED) is 0.205. The molecule has 0 aliphatic carbocycles. The standard InChI is InChI=1S/C32H25N3O4S/c1-20-8-2-5-12-26(20)38-22-15-13-21(14-16-22)35-30(29(34-32(35)40)25-11-6-7-19-33-25)28-18-17-27(39-28)23-9-3-4-10-24(23)31(36)37/h2-19,29-30H,1H3,(H,34,40)(H,36,37)/t29-,30+/m1/s1. The molecule has 1 aliphatic rings. The molecule has 0 amide bonds. The van der Waals surface area contributed by atoms with Gasteiger partial charge >= 0.3 is 5.97 Å². The van der Waals surface area contributed by atoms with E-state index in [1.807, 2.05) is 84.6 Å². The molecule has 0 spiro atoms. The number of carboxylic acid groups (broad SMARTS) is 1. The van der Waals surface area contributed by atoms with E-state index in [4.69, 9.17) is 21.4 Å². The number of carbonyl (C=O) groups is 1. The molecule has 2 N–H and O–H groups in total. The molecule has 1 saturated heterocycles. The number of pyridine rings is 1. The second-order valence-corrected chi connectivity index (χ2v) is 9.80. The van der Waals surface area contributed by atoms with Gasteiger partial charge in [-0.15, -0.1) is 0 Å². The summed E-state index contributed by atoms with van der Waals surface area (Å²) in [7, 11) is 0. The first-order valence-electron chi connectivity index (χ1n) is 12.8. The van der Waals surface area contributed by atoms with Gasteiger partial charge in [0.1, 0.15) is 29.1 Å². The molecule has 0 saturated carbocycles. The van der Waals surface area contributed by atoms with E-state index in [1.165, 1.54) is 0 Å². The predicted molar refractivity (Wildman–Crippen MR) is 157 cm³/mol. The van der Waals surface area contributed by atoms with Crippen LogP contribution in [0.3, 0.4) is 0 Å². The second-order valence-electron chi connectivity index (χ2n) is 9.41. The van der Waals surface area contributed by atoms with E-state index in [2.05, 4.69) is 10.3 Å². The number of aromatic nitrogens is 1. The average molecular weight is 548 g/mol. The highest BCUT2D eigenvalue weighted by atomic mass is 32.1. The third-order valence-corrected chi connectivity index (χ3v) is 7.19. The van der Waals surface area contributed by atoms with Gasteiger partial charge in [0, 0.05) is 17.4 Å². The molecule has 198 valence electrons. The van der Waals surface area contributed by atoms with Crippen LogP contribution in [0.5, 0.6) is 11.5 Å². The fourth-order valence-corrected chi connectivity index (χ4v) is 5.28. The van der Waals surface area contributed by atoms with Gasteiger partial charge in [-0.2, -0.15) is 0 Å². The zero-order chi connectivity index (χ0) is 27.6. The summed E-state index contributed by atoms with van der Waals surface area (Å²) in [6.45, 7) is 2.01. The lowest BCUT2D eigenvalue weighted by atomic mass is 10.0. The maximum Gasteiger partial charge on any atom is 0.336 e. The van der Waals surface area contributed by atoms with Gasteiger partial charge in [-0.3, -0.25) is 4.98 Å². The van der Waals surface area contributed by atoms with Crippen molar-refractivity contribution in [2.45, 2.75) is 19.0 Å². The number of furan rings is 1. The predicted octanol–water partition coefficient (Wildman–Crippen LogP) is 7.32. The third-order valence-electron chi connectivity index (χ3n) is 6.88. The molecule has 3 aromatic carbocycles. The molecule has 2 atom stereocenters. The molecule has 2 aromatic heterocycles. The Labute approximate surface area is 236 Å². The molecule has 7 nitrogen and oxygen atoms in total. The Bertz CT molecular complexity index is 1680. The number of nitrogens with one attached hydrogen (secondary N) is 1. The number of aryl methyl sites for hydroxylation is 1. The smallest absolute Gasteiger partial charge is 0.336 e. The minimum Gasteiger partial charge on any atom is -0.478 e. The first-order valence-corrected chi connectivity index (χ1v) is 13.2. The van der Waals surface area contributed by atoms with Crippen LogP contribution >= 0.6 is 12.2 Å². The monoisotopic (exact) mass is 547 g/mol. The second kappa shape index (κ2) is 10.7. The number of anilines is 1. The van der Waals surface area contributed by atoms with Crippen molar-refractivity contribution >= 4 is 29.0 Å². The fourth-order valence-electron chi connectivity index (χ4n) is 4.94. The number of thiocarbonyl (C=S) groups is 1. The number of rotatable bonds is 7. The Balaban J connectivity index is 1.37. The van der Waals surface area contributed by atoms with Gasteiger partial charge in [0.25, 0.3) is 0 Å². The van der Waals surface area contributed by atoms with Gasteiger partial charge < -0.3 is 24.5 Å². The van der Waals surface area contributed by atoms with Crippen molar-refractivity contribution in [1.29, 1.82) is 0 Å². The minimum atomic E-state index is -1.02. The van der Waals surface area contributed by atoms with E-state index < -0.39 is 5.97 Å². The minimum absolute atomic E-state index is 0.172. The summed E-state index contributed by atoms with van der Waals surface area (Å²) in [6.07, 6.45) is 1.74. The molecule has 6 rings (SSSR count). The third kappa shape index (κ3) is 4.81. The lowest BCUT2D eigenvalue weighted by Gasteiger charge is -2.26. The number of aromatic carboxylic acids is 1. The molecule has 5 aromatic rings. The lowest BCUT2D eigenvalue weighted by molar-refractivity contribution is 0.0697. The van der Waals surface area contributed by atoms with Crippen molar-refractivity contribution in [3.05, 3.63) is 132 Å². The number of benzene rings is 3. The summed E-state index contributed by atoms with van der Waals surface area (Å²) in [5.41, 5.74) is 3.38. The van der Waals surface area contributed by atoms with Crippen LogP contribution < -0.4 is 15.0 Å². The van der Waals surface area contributed by atoms with Crippen LogP contribution in [0.2, 0.25) is 0 Å². The number of para-hydroxylation sites is 1. The van der Waals surface area contributed by atoms with Crippen LogP contribution in [0.4, 0.5) is 5.69 Å². The Morgan fingerprint density at radius 2 is 1.70 bits per heavy atom. The van der Waals surface area contributed by atoms with E-state index in [9.17, 15) is 9.90 Å². The zero-order valence-corrected chi connectivity index (χ0v) is 22.3. The van der Waals surface area contributed by atoms with Gasteiger partial charge in [-0.05, 0) is 85.4 Å². The summed E-state index contributed by atoms with van der Waals surface area (Å²) in [5, 5.41) is 13.6. The number of hydrogen-bond donors (Lipinski definition) is 2. The van der Waals surface area contributed by atoms with E-state index >= 15 is 0 Å². The Morgan fingerprint density at radius 1 is 0.950 bits per heavy atom. The number of ether oxygens (including phenoxy) is 1. The largest absolute Gasteiger partial charge is 0.478 e. The summed E-state index contributed by atoms with van der Waals surface area (Å²) < 4.78 is 12.4. The van der Waals surface area contributed by atoms with Crippen molar-refractivity contribution in [2.75, 3.05) is 4.90 Å². The van der Waals surface area contributed by atoms with Crippen molar-refractivity contribution < 1.29 is 19.1 Å². The molecule has 0 bridgehead atoms. The molecular weight excluding hydrogens is 522 g/mol. The molecule has 1 fully saturated rings. The number of hydrogen-bond acceptors (Lipinski definition) is 5. The van der Waals surface area contributed by atoms with Crippen molar-refractivity contribution in [3.8, 4) is 22.8 Å². The van der Waals surface area contributed by atoms with Crippen molar-refractivity contribution in [2.24, 2.45) is 0 Å².